The van der Waals surface area contributed by atoms with Crippen molar-refractivity contribution >= 4 is 29.0 Å². The van der Waals surface area contributed by atoms with Crippen LogP contribution < -0.4 is 0 Å². The number of Topliss-reactive ketones (excluding diaryl/α,β-unsaturated/α-hetero) is 1. The number of hydrogen-bond donors (Lipinski definition) is 0. The van der Waals surface area contributed by atoms with Crippen molar-refractivity contribution in [2.75, 3.05) is 26.4 Å². The molecule has 1 aromatic rings. The molecule has 0 spiro atoms. The standard InChI is InChI=1S/C14H16Cl2O3/c15-11-1-2-12(13(16)7-11)14(17)9-19-8-10-3-5-18-6-4-10/h1-2,7,10H,3-6,8-9H2. The number of carbonyl (C=O) groups is 1. The number of hydrogen-bond acceptors (Lipinski definition) is 3. The topological polar surface area (TPSA) is 35.5 Å². The summed E-state index contributed by atoms with van der Waals surface area (Å²) in [7, 11) is 0. The van der Waals surface area contributed by atoms with E-state index in [4.69, 9.17) is 32.7 Å². The molecule has 3 nitrogen and oxygen atoms in total. The van der Waals surface area contributed by atoms with Gasteiger partial charge < -0.3 is 9.47 Å². The van der Waals surface area contributed by atoms with Crippen LogP contribution >= 0.6 is 23.2 Å². The first-order valence-corrected chi connectivity index (χ1v) is 7.06. The number of ketones is 1. The molecule has 1 aliphatic rings. The van der Waals surface area contributed by atoms with E-state index in [2.05, 4.69) is 0 Å². The smallest absolute Gasteiger partial charge is 0.189 e. The molecule has 19 heavy (non-hydrogen) atoms. The minimum atomic E-state index is -0.117. The average Bonchev–Trinajstić information content (AvgIpc) is 2.39. The van der Waals surface area contributed by atoms with Crippen molar-refractivity contribution < 1.29 is 14.3 Å². The summed E-state index contributed by atoms with van der Waals surface area (Å²) in [5, 5.41) is 0.886. The van der Waals surface area contributed by atoms with Crippen LogP contribution in [0.25, 0.3) is 0 Å². The van der Waals surface area contributed by atoms with Crippen LogP contribution in [0.15, 0.2) is 18.2 Å². The van der Waals surface area contributed by atoms with Gasteiger partial charge in [0.2, 0.25) is 0 Å². The lowest BCUT2D eigenvalue weighted by Crippen LogP contribution is -2.22. The Bertz CT molecular complexity index is 442. The van der Waals surface area contributed by atoms with E-state index in [1.807, 2.05) is 0 Å². The molecule has 1 saturated heterocycles. The van der Waals surface area contributed by atoms with Gasteiger partial charge in [0.1, 0.15) is 6.61 Å². The largest absolute Gasteiger partial charge is 0.381 e. The normalized spacial score (nSPS) is 16.5. The molecule has 0 aromatic heterocycles. The van der Waals surface area contributed by atoms with E-state index >= 15 is 0 Å². The second-order valence-corrected chi connectivity index (χ2v) is 5.46. The van der Waals surface area contributed by atoms with Gasteiger partial charge in [0.15, 0.2) is 5.78 Å². The van der Waals surface area contributed by atoms with E-state index in [1.165, 1.54) is 0 Å². The number of ether oxygens (including phenoxy) is 2. The summed E-state index contributed by atoms with van der Waals surface area (Å²) < 4.78 is 10.7. The molecule has 0 unspecified atom stereocenters. The maximum absolute atomic E-state index is 11.9. The van der Waals surface area contributed by atoms with Gasteiger partial charge in [-0.05, 0) is 37.0 Å². The summed E-state index contributed by atoms with van der Waals surface area (Å²) in [4.78, 5) is 11.9. The van der Waals surface area contributed by atoms with E-state index in [0.29, 0.717) is 28.1 Å². The number of benzene rings is 1. The highest BCUT2D eigenvalue weighted by Crippen LogP contribution is 2.21. The highest BCUT2D eigenvalue weighted by atomic mass is 35.5. The zero-order valence-corrected chi connectivity index (χ0v) is 12.0. The minimum Gasteiger partial charge on any atom is -0.381 e. The summed E-state index contributed by atoms with van der Waals surface area (Å²) in [6.45, 7) is 2.22. The molecule has 0 bridgehead atoms. The third-order valence-electron chi connectivity index (χ3n) is 3.16. The van der Waals surface area contributed by atoms with Crippen LogP contribution in [0.5, 0.6) is 0 Å². The van der Waals surface area contributed by atoms with Crippen molar-refractivity contribution in [3.8, 4) is 0 Å². The molecule has 2 rings (SSSR count). The Labute approximate surface area is 122 Å². The molecule has 0 saturated carbocycles. The van der Waals surface area contributed by atoms with Gasteiger partial charge in [-0.3, -0.25) is 4.79 Å². The van der Waals surface area contributed by atoms with Gasteiger partial charge >= 0.3 is 0 Å². The van der Waals surface area contributed by atoms with Crippen molar-refractivity contribution in [2.24, 2.45) is 5.92 Å². The van der Waals surface area contributed by atoms with Crippen LogP contribution in [0.4, 0.5) is 0 Å². The van der Waals surface area contributed by atoms with Crippen LogP contribution in [0, 0.1) is 5.92 Å². The predicted octanol–water partition coefficient (Wildman–Crippen LogP) is 3.62. The van der Waals surface area contributed by atoms with Crippen molar-refractivity contribution in [3.63, 3.8) is 0 Å². The molecule has 1 aliphatic heterocycles. The van der Waals surface area contributed by atoms with Crippen LogP contribution in [0.1, 0.15) is 23.2 Å². The van der Waals surface area contributed by atoms with Crippen LogP contribution in [-0.2, 0) is 9.47 Å². The Morgan fingerprint density at radius 3 is 2.74 bits per heavy atom. The number of rotatable bonds is 5. The zero-order valence-electron chi connectivity index (χ0n) is 10.5. The summed E-state index contributed by atoms with van der Waals surface area (Å²) >= 11 is 11.8. The van der Waals surface area contributed by atoms with Gasteiger partial charge in [-0.15, -0.1) is 0 Å². The van der Waals surface area contributed by atoms with Crippen LogP contribution in [0.3, 0.4) is 0 Å². The molecule has 104 valence electrons. The third-order valence-corrected chi connectivity index (χ3v) is 3.71. The lowest BCUT2D eigenvalue weighted by Gasteiger charge is -2.21. The van der Waals surface area contributed by atoms with Gasteiger partial charge in [-0.2, -0.15) is 0 Å². The minimum absolute atomic E-state index is 0.0543. The first-order valence-electron chi connectivity index (χ1n) is 6.30. The Morgan fingerprint density at radius 2 is 2.05 bits per heavy atom. The van der Waals surface area contributed by atoms with Gasteiger partial charge in [-0.1, -0.05) is 23.2 Å². The molecule has 0 radical (unpaired) electrons. The van der Waals surface area contributed by atoms with Crippen LogP contribution in [-0.4, -0.2) is 32.2 Å². The summed E-state index contributed by atoms with van der Waals surface area (Å²) in [6.07, 6.45) is 1.99. The second-order valence-electron chi connectivity index (χ2n) is 4.62. The van der Waals surface area contributed by atoms with E-state index in [9.17, 15) is 4.79 Å². The quantitative estimate of drug-likeness (QED) is 0.779. The zero-order chi connectivity index (χ0) is 13.7. The van der Waals surface area contributed by atoms with E-state index in [1.54, 1.807) is 18.2 Å². The van der Waals surface area contributed by atoms with Crippen molar-refractivity contribution in [1.29, 1.82) is 0 Å². The Kier molecular flexibility index (Phi) is 5.64. The average molecular weight is 303 g/mol. The predicted molar refractivity (Wildman–Crippen MR) is 75.2 cm³/mol. The van der Waals surface area contributed by atoms with Gasteiger partial charge in [0.05, 0.1) is 11.6 Å². The molecule has 1 aromatic carbocycles. The van der Waals surface area contributed by atoms with E-state index in [0.717, 1.165) is 26.1 Å². The van der Waals surface area contributed by atoms with Gasteiger partial charge in [0.25, 0.3) is 0 Å². The third kappa shape index (κ3) is 4.46. The number of halogens is 2. The Balaban J connectivity index is 1.80. The molecule has 0 aliphatic carbocycles. The molecule has 0 amide bonds. The monoisotopic (exact) mass is 302 g/mol. The summed E-state index contributed by atoms with van der Waals surface area (Å²) in [5.74, 6) is 0.371. The molecule has 1 heterocycles. The van der Waals surface area contributed by atoms with Crippen molar-refractivity contribution in [2.45, 2.75) is 12.8 Å². The first kappa shape index (κ1) is 14.8. The fourth-order valence-electron chi connectivity index (χ4n) is 2.02. The lowest BCUT2D eigenvalue weighted by atomic mass is 10.0. The highest BCUT2D eigenvalue weighted by molar-refractivity contribution is 6.36. The molecule has 5 heteroatoms. The Morgan fingerprint density at radius 1 is 1.32 bits per heavy atom. The molecular formula is C14H16Cl2O3. The maximum Gasteiger partial charge on any atom is 0.189 e. The second kappa shape index (κ2) is 7.25. The lowest BCUT2D eigenvalue weighted by molar-refractivity contribution is 0.0216. The summed E-state index contributed by atoms with van der Waals surface area (Å²) in [5.41, 5.74) is 0.457. The number of carbonyl (C=O) groups excluding carboxylic acids is 1. The molecule has 0 atom stereocenters. The summed E-state index contributed by atoms with van der Waals surface area (Å²) in [6, 6.07) is 4.85. The van der Waals surface area contributed by atoms with Gasteiger partial charge in [-0.25, -0.2) is 0 Å². The SMILES string of the molecule is O=C(COCC1CCOCC1)c1ccc(Cl)cc1Cl. The van der Waals surface area contributed by atoms with Gasteiger partial charge in [0, 0.05) is 23.8 Å². The maximum atomic E-state index is 11.9. The fraction of sp³-hybridized carbons (Fsp3) is 0.500. The van der Waals surface area contributed by atoms with Crippen molar-refractivity contribution in [3.05, 3.63) is 33.8 Å². The Hall–Kier alpha value is -0.610. The highest BCUT2D eigenvalue weighted by Gasteiger charge is 2.16. The molecule has 1 fully saturated rings. The van der Waals surface area contributed by atoms with E-state index in [-0.39, 0.29) is 12.4 Å². The molecular weight excluding hydrogens is 287 g/mol. The van der Waals surface area contributed by atoms with E-state index < -0.39 is 0 Å². The molecule has 0 N–H and O–H groups in total. The van der Waals surface area contributed by atoms with Crippen molar-refractivity contribution in [1.82, 2.24) is 0 Å². The van der Waals surface area contributed by atoms with Crippen LogP contribution in [0.2, 0.25) is 10.0 Å². The fourth-order valence-corrected chi connectivity index (χ4v) is 2.54. The first-order chi connectivity index (χ1) is 9.16.